The monoisotopic (exact) mass is 318 g/mol. The van der Waals surface area contributed by atoms with E-state index in [-0.39, 0.29) is 52.9 Å². The molecule has 4 nitrogen and oxygen atoms in total. The van der Waals surface area contributed by atoms with E-state index in [9.17, 15) is 9.90 Å². The SMILES string of the molecule is O=C(O)/C=C/c1ccc(O)c([O][BaH])c1. The van der Waals surface area contributed by atoms with Gasteiger partial charge in [-0.2, -0.15) is 0 Å². The number of aliphatic carboxylic acids is 1. The Balaban J connectivity index is 2.95. The fraction of sp³-hybridized carbons (Fsp3) is 0. The van der Waals surface area contributed by atoms with E-state index < -0.39 is 5.97 Å². The van der Waals surface area contributed by atoms with E-state index in [1.165, 1.54) is 12.1 Å². The van der Waals surface area contributed by atoms with Gasteiger partial charge in [-0.1, -0.05) is 0 Å². The van der Waals surface area contributed by atoms with Crippen molar-refractivity contribution in [2.24, 2.45) is 0 Å². The summed E-state index contributed by atoms with van der Waals surface area (Å²) in [6.07, 6.45) is 2.48. The molecule has 1 rings (SSSR count). The summed E-state index contributed by atoms with van der Waals surface area (Å²) in [5.41, 5.74) is 0.690. The number of hydrogen-bond donors (Lipinski definition) is 2. The molecule has 0 bridgehead atoms. The Hall–Kier alpha value is -0.399. The molecule has 0 saturated carbocycles. The van der Waals surface area contributed by atoms with Crippen molar-refractivity contribution in [3.63, 3.8) is 0 Å². The summed E-state index contributed by atoms with van der Waals surface area (Å²) in [6, 6.07) is 4.71. The molecule has 0 aliphatic rings. The van der Waals surface area contributed by atoms with Crippen molar-refractivity contribution in [2.75, 3.05) is 0 Å². The second-order valence-electron chi connectivity index (χ2n) is 2.60. The Morgan fingerprint density at radius 2 is 2.21 bits per heavy atom. The second-order valence-corrected chi connectivity index (χ2v) is 3.88. The van der Waals surface area contributed by atoms with Crippen molar-refractivity contribution in [1.29, 1.82) is 0 Å². The Morgan fingerprint density at radius 1 is 1.50 bits per heavy atom. The van der Waals surface area contributed by atoms with Crippen molar-refractivity contribution in [3.05, 3.63) is 29.8 Å². The van der Waals surface area contributed by atoms with E-state index in [0.29, 0.717) is 11.3 Å². The average Bonchev–Trinajstić information content (AvgIpc) is 2.16. The number of carboxylic acids is 1. The van der Waals surface area contributed by atoms with Crippen LogP contribution in [0.4, 0.5) is 0 Å². The molecule has 0 unspecified atom stereocenters. The van der Waals surface area contributed by atoms with Gasteiger partial charge in [0.25, 0.3) is 0 Å². The van der Waals surface area contributed by atoms with E-state index in [2.05, 4.69) is 0 Å². The minimum absolute atomic E-state index is 0.0833. The molecule has 14 heavy (non-hydrogen) atoms. The molecule has 2 N–H and O–H groups in total. The van der Waals surface area contributed by atoms with Gasteiger partial charge in [0.1, 0.15) is 0 Å². The summed E-state index contributed by atoms with van der Waals surface area (Å²) in [4.78, 5) is 10.2. The number of phenolic OH excluding ortho intramolecular Hbond substituents is 1. The van der Waals surface area contributed by atoms with Crippen LogP contribution in [0.3, 0.4) is 0 Å². The number of carbonyl (C=O) groups is 1. The third kappa shape index (κ3) is 3.39. The van der Waals surface area contributed by atoms with Gasteiger partial charge in [0.2, 0.25) is 0 Å². The maximum absolute atomic E-state index is 10.2. The quantitative estimate of drug-likeness (QED) is 0.636. The zero-order chi connectivity index (χ0) is 10.6. The average molecular weight is 317 g/mol. The molecule has 0 fully saturated rings. The van der Waals surface area contributed by atoms with Crippen molar-refractivity contribution in [3.8, 4) is 11.5 Å². The molecule has 0 aromatic heterocycles. The van der Waals surface area contributed by atoms with E-state index >= 15 is 0 Å². The molecule has 0 spiro atoms. The van der Waals surface area contributed by atoms with Crippen LogP contribution in [0.1, 0.15) is 5.56 Å². The van der Waals surface area contributed by atoms with Gasteiger partial charge in [0.05, 0.1) is 0 Å². The van der Waals surface area contributed by atoms with Crippen LogP contribution in [-0.2, 0) is 4.79 Å². The summed E-state index contributed by atoms with van der Waals surface area (Å²) in [7, 11) is 0. The molecule has 0 radical (unpaired) electrons. The summed E-state index contributed by atoms with van der Waals surface area (Å²) in [6.45, 7) is 0. The first-order chi connectivity index (χ1) is 6.63. The first-order valence-corrected chi connectivity index (χ1v) is 6.48. The maximum atomic E-state index is 10.2. The van der Waals surface area contributed by atoms with Crippen LogP contribution in [0.2, 0.25) is 0 Å². The van der Waals surface area contributed by atoms with Gasteiger partial charge in [0.15, 0.2) is 0 Å². The van der Waals surface area contributed by atoms with Gasteiger partial charge in [-0.05, 0) is 0 Å². The molecule has 0 aliphatic heterocycles. The van der Waals surface area contributed by atoms with Gasteiger partial charge < -0.3 is 0 Å². The van der Waals surface area contributed by atoms with Crippen LogP contribution in [0.5, 0.6) is 11.5 Å². The molecular formula is C9H8BaO4. The van der Waals surface area contributed by atoms with E-state index in [4.69, 9.17) is 5.16 Å². The van der Waals surface area contributed by atoms with Crippen LogP contribution in [0.15, 0.2) is 24.3 Å². The first-order valence-electron chi connectivity index (χ1n) is 3.91. The van der Waals surface area contributed by atoms with Gasteiger partial charge >= 0.3 is 116 Å². The molecular weight excluding hydrogens is 309 g/mol. The van der Waals surface area contributed by atoms with Crippen molar-refractivity contribution < 1.29 is 15.1 Å². The van der Waals surface area contributed by atoms with Crippen LogP contribution in [0, 0.1) is 0 Å². The number of hydrogen-bond acceptors (Lipinski definition) is 3. The van der Waals surface area contributed by atoms with Crippen LogP contribution >= 0.6 is 0 Å². The number of benzene rings is 1. The van der Waals surface area contributed by atoms with Crippen LogP contribution in [0.25, 0.3) is 6.08 Å². The Morgan fingerprint density at radius 3 is 2.79 bits per heavy atom. The molecule has 1 aromatic rings. The summed E-state index contributed by atoms with van der Waals surface area (Å²) in [5.74, 6) is -0.503. The predicted octanol–water partition coefficient (Wildman–Crippen LogP) is 0.685. The third-order valence-corrected chi connectivity index (χ3v) is 3.00. The fourth-order valence-electron chi connectivity index (χ4n) is 0.965. The molecule has 0 atom stereocenters. The van der Waals surface area contributed by atoms with E-state index in [0.717, 1.165) is 6.08 Å². The molecule has 0 heterocycles. The van der Waals surface area contributed by atoms with Crippen molar-refractivity contribution in [1.82, 2.24) is 0 Å². The van der Waals surface area contributed by atoms with Crippen LogP contribution < -0.4 is 0.0568 Å². The number of rotatable bonds is 3. The molecule has 1 aromatic carbocycles. The van der Waals surface area contributed by atoms with Crippen molar-refractivity contribution in [2.45, 2.75) is 0 Å². The molecule has 5 heteroatoms. The fourth-order valence-corrected chi connectivity index (χ4v) is 1.99. The van der Waals surface area contributed by atoms with Gasteiger partial charge in [-0.15, -0.1) is 0 Å². The number of aromatic hydroxyl groups is 1. The van der Waals surface area contributed by atoms with Crippen molar-refractivity contribution >= 4 is 59.2 Å². The van der Waals surface area contributed by atoms with E-state index in [1.807, 2.05) is 0 Å². The summed E-state index contributed by atoms with van der Waals surface area (Å²) >= 11 is -0.101. The minimum atomic E-state index is -1.00. The predicted molar refractivity (Wildman–Crippen MR) is 52.6 cm³/mol. The molecule has 70 valence electrons. The van der Waals surface area contributed by atoms with Gasteiger partial charge in [0, 0.05) is 0 Å². The normalized spacial score (nSPS) is 10.2. The summed E-state index contributed by atoms with van der Waals surface area (Å²) < 4.78 is 5.08. The topological polar surface area (TPSA) is 66.8 Å². The van der Waals surface area contributed by atoms with Gasteiger partial charge in [-0.25, -0.2) is 0 Å². The Labute approximate surface area is 114 Å². The number of phenols is 1. The van der Waals surface area contributed by atoms with Gasteiger partial charge in [-0.3, -0.25) is 0 Å². The summed E-state index contributed by atoms with van der Waals surface area (Å²) in [5, 5.41) is 17.7. The Kier molecular flexibility index (Phi) is 4.57. The second kappa shape index (κ2) is 5.47. The van der Waals surface area contributed by atoms with Crippen LogP contribution in [-0.4, -0.2) is 63.4 Å². The van der Waals surface area contributed by atoms with E-state index in [1.54, 1.807) is 12.1 Å². The first kappa shape index (κ1) is 11.7. The zero-order valence-corrected chi connectivity index (χ0v) is 13.9. The third-order valence-electron chi connectivity index (χ3n) is 1.62. The Bertz CT molecular complexity index is 373. The zero-order valence-electron chi connectivity index (χ0n) is 7.60. The molecule has 0 aliphatic carbocycles. The standard InChI is InChI=1S/C9H8O4.Ba.H/c10-7-3-1-6(5-8(7)11)2-4-9(12)13;;/h1-5,10-11H,(H,12,13);;/q;+1;/p-1/b4-2+;;. The molecule has 0 saturated heterocycles. The molecule has 0 amide bonds. The number of carboxylic acid groups (broad SMARTS) is 1.